The normalized spacial score (nSPS) is 19.5. The lowest BCUT2D eigenvalue weighted by molar-refractivity contribution is -0.146. The van der Waals surface area contributed by atoms with E-state index < -0.39 is 12.1 Å². The zero-order valence-electron chi connectivity index (χ0n) is 11.4. The zero-order valence-corrected chi connectivity index (χ0v) is 11.4. The summed E-state index contributed by atoms with van der Waals surface area (Å²) in [7, 11) is 0. The van der Waals surface area contributed by atoms with Gasteiger partial charge >= 0.3 is 12.0 Å². The van der Waals surface area contributed by atoms with E-state index in [0.717, 1.165) is 12.8 Å². The summed E-state index contributed by atoms with van der Waals surface area (Å²) in [5.41, 5.74) is 0.177. The van der Waals surface area contributed by atoms with Crippen molar-refractivity contribution in [3.63, 3.8) is 0 Å². The van der Waals surface area contributed by atoms with Crippen molar-refractivity contribution < 1.29 is 19.8 Å². The fraction of sp³-hybridized carbons (Fsp3) is 0.846. The molecular weight excluding hydrogens is 248 g/mol. The standard InChI is InChI=1S/C13H24N2O4/c1-13(6-3-2-4-7-13)9-15-12(19)14-8-5-10(16)11(17)18/h10,16H,2-9H2,1H3,(H,17,18)(H2,14,15,19). The van der Waals surface area contributed by atoms with Gasteiger partial charge in [0.25, 0.3) is 0 Å². The van der Waals surface area contributed by atoms with Crippen molar-refractivity contribution >= 4 is 12.0 Å². The monoisotopic (exact) mass is 272 g/mol. The fourth-order valence-corrected chi connectivity index (χ4v) is 2.38. The van der Waals surface area contributed by atoms with Crippen molar-refractivity contribution in [1.29, 1.82) is 0 Å². The van der Waals surface area contributed by atoms with Crippen LogP contribution in [-0.2, 0) is 4.79 Å². The highest BCUT2D eigenvalue weighted by molar-refractivity contribution is 5.74. The van der Waals surface area contributed by atoms with Gasteiger partial charge < -0.3 is 20.8 Å². The minimum Gasteiger partial charge on any atom is -0.479 e. The van der Waals surface area contributed by atoms with E-state index in [4.69, 9.17) is 10.2 Å². The summed E-state index contributed by atoms with van der Waals surface area (Å²) in [5.74, 6) is -1.27. The smallest absolute Gasteiger partial charge is 0.332 e. The van der Waals surface area contributed by atoms with Crippen molar-refractivity contribution in [2.45, 2.75) is 51.6 Å². The molecule has 0 aromatic carbocycles. The molecule has 4 N–H and O–H groups in total. The van der Waals surface area contributed by atoms with Gasteiger partial charge in [-0.25, -0.2) is 9.59 Å². The number of aliphatic hydroxyl groups is 1. The highest BCUT2D eigenvalue weighted by Crippen LogP contribution is 2.34. The van der Waals surface area contributed by atoms with Crippen LogP contribution in [0.15, 0.2) is 0 Å². The van der Waals surface area contributed by atoms with Crippen LogP contribution in [0.1, 0.15) is 45.4 Å². The lowest BCUT2D eigenvalue weighted by Crippen LogP contribution is -2.43. The van der Waals surface area contributed by atoms with Crippen molar-refractivity contribution in [1.82, 2.24) is 10.6 Å². The highest BCUT2D eigenvalue weighted by Gasteiger charge is 2.27. The minimum atomic E-state index is -1.42. The first kappa shape index (κ1) is 15.8. The molecule has 1 rings (SSSR count). The molecule has 2 amide bonds. The molecule has 1 unspecified atom stereocenters. The van der Waals surface area contributed by atoms with Crippen LogP contribution in [0, 0.1) is 5.41 Å². The summed E-state index contributed by atoms with van der Waals surface area (Å²) in [6.07, 6.45) is 4.55. The lowest BCUT2D eigenvalue weighted by Gasteiger charge is -2.33. The predicted octanol–water partition coefficient (Wildman–Crippen LogP) is 1.09. The second-order valence-electron chi connectivity index (χ2n) is 5.62. The average molecular weight is 272 g/mol. The Kier molecular flexibility index (Phi) is 6.08. The quantitative estimate of drug-likeness (QED) is 0.581. The van der Waals surface area contributed by atoms with Crippen LogP contribution in [0.5, 0.6) is 0 Å². The van der Waals surface area contributed by atoms with Crippen molar-refractivity contribution in [3.8, 4) is 0 Å². The van der Waals surface area contributed by atoms with E-state index in [1.807, 2.05) is 0 Å². The van der Waals surface area contributed by atoms with Crippen LogP contribution in [0.25, 0.3) is 0 Å². The maximum Gasteiger partial charge on any atom is 0.332 e. The summed E-state index contributed by atoms with van der Waals surface area (Å²) in [6, 6.07) is -0.301. The Labute approximate surface area is 113 Å². The van der Waals surface area contributed by atoms with E-state index >= 15 is 0 Å². The molecule has 6 heteroatoms. The lowest BCUT2D eigenvalue weighted by atomic mass is 9.76. The number of carbonyl (C=O) groups excluding carboxylic acids is 1. The Morgan fingerprint density at radius 2 is 1.84 bits per heavy atom. The number of rotatable bonds is 6. The van der Waals surface area contributed by atoms with Gasteiger partial charge in [0.2, 0.25) is 0 Å². The molecule has 1 saturated carbocycles. The Morgan fingerprint density at radius 3 is 2.42 bits per heavy atom. The van der Waals surface area contributed by atoms with Crippen LogP contribution in [-0.4, -0.2) is 41.4 Å². The number of hydrogen-bond donors (Lipinski definition) is 4. The van der Waals surface area contributed by atoms with Gasteiger partial charge in [-0.15, -0.1) is 0 Å². The van der Waals surface area contributed by atoms with Gasteiger partial charge in [0, 0.05) is 19.5 Å². The number of aliphatic hydroxyl groups excluding tert-OH is 1. The van der Waals surface area contributed by atoms with Gasteiger partial charge in [-0.2, -0.15) is 0 Å². The summed E-state index contributed by atoms with van der Waals surface area (Å²) in [4.78, 5) is 21.9. The maximum atomic E-state index is 11.5. The first-order valence-electron chi connectivity index (χ1n) is 6.85. The Hall–Kier alpha value is -1.30. The molecular formula is C13H24N2O4. The van der Waals surface area contributed by atoms with E-state index in [-0.39, 0.29) is 24.4 Å². The molecule has 1 atom stereocenters. The van der Waals surface area contributed by atoms with E-state index in [2.05, 4.69) is 17.6 Å². The molecule has 110 valence electrons. The molecule has 19 heavy (non-hydrogen) atoms. The first-order valence-corrected chi connectivity index (χ1v) is 6.85. The van der Waals surface area contributed by atoms with Crippen LogP contribution in [0.2, 0.25) is 0 Å². The fourth-order valence-electron chi connectivity index (χ4n) is 2.38. The molecule has 0 heterocycles. The van der Waals surface area contributed by atoms with Gasteiger partial charge in [-0.05, 0) is 18.3 Å². The SMILES string of the molecule is CC1(CNC(=O)NCCC(O)C(=O)O)CCCCC1. The number of carboxylic acids is 1. The van der Waals surface area contributed by atoms with Crippen LogP contribution in [0.4, 0.5) is 4.79 Å². The molecule has 6 nitrogen and oxygen atoms in total. The number of carboxylic acid groups (broad SMARTS) is 1. The number of carbonyl (C=O) groups is 2. The molecule has 0 spiro atoms. The number of amides is 2. The molecule has 0 aromatic rings. The third-order valence-corrected chi connectivity index (χ3v) is 3.72. The van der Waals surface area contributed by atoms with Crippen LogP contribution in [0.3, 0.4) is 0 Å². The zero-order chi connectivity index (χ0) is 14.3. The molecule has 1 fully saturated rings. The Morgan fingerprint density at radius 1 is 1.21 bits per heavy atom. The highest BCUT2D eigenvalue weighted by atomic mass is 16.4. The maximum absolute atomic E-state index is 11.5. The molecule has 1 aliphatic rings. The second-order valence-corrected chi connectivity index (χ2v) is 5.62. The van der Waals surface area contributed by atoms with Gasteiger partial charge in [-0.3, -0.25) is 0 Å². The van der Waals surface area contributed by atoms with E-state index in [1.54, 1.807) is 0 Å². The largest absolute Gasteiger partial charge is 0.479 e. The third-order valence-electron chi connectivity index (χ3n) is 3.72. The number of urea groups is 1. The summed E-state index contributed by atoms with van der Waals surface area (Å²) in [6.45, 7) is 2.97. The molecule has 1 aliphatic carbocycles. The number of nitrogens with one attached hydrogen (secondary N) is 2. The summed E-state index contributed by atoms with van der Waals surface area (Å²) >= 11 is 0. The number of aliphatic carboxylic acids is 1. The topological polar surface area (TPSA) is 98.7 Å². The molecule has 0 radical (unpaired) electrons. The van der Waals surface area contributed by atoms with Crippen LogP contribution >= 0.6 is 0 Å². The van der Waals surface area contributed by atoms with Crippen molar-refractivity contribution in [2.24, 2.45) is 5.41 Å². The summed E-state index contributed by atoms with van der Waals surface area (Å²) < 4.78 is 0. The minimum absolute atomic E-state index is 0.0139. The Balaban J connectivity index is 2.15. The second kappa shape index (κ2) is 7.33. The van der Waals surface area contributed by atoms with E-state index in [1.165, 1.54) is 19.3 Å². The molecule has 0 bridgehead atoms. The van der Waals surface area contributed by atoms with Gasteiger partial charge in [-0.1, -0.05) is 26.2 Å². The number of hydrogen-bond acceptors (Lipinski definition) is 3. The van der Waals surface area contributed by atoms with E-state index in [0.29, 0.717) is 6.54 Å². The average Bonchev–Trinajstić information content (AvgIpc) is 2.37. The van der Waals surface area contributed by atoms with Gasteiger partial charge in [0.15, 0.2) is 6.10 Å². The van der Waals surface area contributed by atoms with Crippen LogP contribution < -0.4 is 10.6 Å². The molecule has 0 aliphatic heterocycles. The van der Waals surface area contributed by atoms with E-state index in [9.17, 15) is 9.59 Å². The van der Waals surface area contributed by atoms with Gasteiger partial charge in [0.1, 0.15) is 0 Å². The molecule has 0 saturated heterocycles. The first-order chi connectivity index (χ1) is 8.93. The third kappa shape index (κ3) is 5.92. The van der Waals surface area contributed by atoms with Gasteiger partial charge in [0.05, 0.1) is 0 Å². The van der Waals surface area contributed by atoms with Crippen molar-refractivity contribution in [2.75, 3.05) is 13.1 Å². The van der Waals surface area contributed by atoms with Crippen molar-refractivity contribution in [3.05, 3.63) is 0 Å². The summed E-state index contributed by atoms with van der Waals surface area (Å²) in [5, 5.41) is 22.9. The Bertz CT molecular complexity index is 314. The predicted molar refractivity (Wildman–Crippen MR) is 70.9 cm³/mol. The molecule has 0 aromatic heterocycles.